The number of carbonyl (C=O) groups is 1. The van der Waals surface area contributed by atoms with Crippen molar-refractivity contribution in [3.05, 3.63) is 53.7 Å². The summed E-state index contributed by atoms with van der Waals surface area (Å²) in [5, 5.41) is 3.72. The molecule has 4 rings (SSSR count). The summed E-state index contributed by atoms with van der Waals surface area (Å²) >= 11 is 0. The van der Waals surface area contributed by atoms with Crippen molar-refractivity contribution in [1.29, 1.82) is 0 Å². The third-order valence-electron chi connectivity index (χ3n) is 4.85. The van der Waals surface area contributed by atoms with Crippen molar-refractivity contribution in [2.75, 3.05) is 19.1 Å². The van der Waals surface area contributed by atoms with Gasteiger partial charge < -0.3 is 9.47 Å². The van der Waals surface area contributed by atoms with Crippen molar-refractivity contribution in [2.24, 2.45) is 0 Å². The molecule has 0 N–H and O–H groups in total. The van der Waals surface area contributed by atoms with E-state index < -0.39 is 24.9 Å². The van der Waals surface area contributed by atoms with Crippen LogP contribution in [0.25, 0.3) is 11.3 Å². The standard InChI is InChI=1S/C20H18F3N5O3/c1-11-4-15(12-5-14(30-2)8-24-6-12)26-17-16(11)18(29)28(19(17)31-3)13-7-25-27(9-13)10-20(21,22)23/h4-9,19H,10H2,1-3H3. The topological polar surface area (TPSA) is 82.4 Å². The van der Waals surface area contributed by atoms with Crippen LogP contribution in [0.2, 0.25) is 0 Å². The zero-order chi connectivity index (χ0) is 22.3. The molecule has 11 heteroatoms. The number of amides is 1. The lowest BCUT2D eigenvalue weighted by Crippen LogP contribution is -2.28. The van der Waals surface area contributed by atoms with E-state index in [0.717, 1.165) is 10.9 Å². The maximum atomic E-state index is 13.1. The summed E-state index contributed by atoms with van der Waals surface area (Å²) < 4.78 is 49.5. The van der Waals surface area contributed by atoms with E-state index in [1.165, 1.54) is 25.3 Å². The van der Waals surface area contributed by atoms with E-state index in [-0.39, 0.29) is 5.69 Å². The Morgan fingerprint density at radius 2 is 1.94 bits per heavy atom. The van der Waals surface area contributed by atoms with Crippen LogP contribution in [0.3, 0.4) is 0 Å². The minimum Gasteiger partial charge on any atom is -0.495 e. The number of aryl methyl sites for hydroxylation is 1. The third-order valence-corrected chi connectivity index (χ3v) is 4.85. The minimum absolute atomic E-state index is 0.183. The van der Waals surface area contributed by atoms with Crippen LogP contribution in [0, 0.1) is 6.92 Å². The van der Waals surface area contributed by atoms with Crippen LogP contribution >= 0.6 is 0 Å². The molecule has 0 saturated heterocycles. The SMILES string of the molecule is COc1cncc(-c2cc(C)c3c(n2)C(OC)N(c2cnn(CC(F)(F)F)c2)C3=O)c1. The second-order valence-corrected chi connectivity index (χ2v) is 6.97. The van der Waals surface area contributed by atoms with E-state index in [2.05, 4.69) is 15.1 Å². The summed E-state index contributed by atoms with van der Waals surface area (Å²) in [5.74, 6) is 0.129. The summed E-state index contributed by atoms with van der Waals surface area (Å²) in [6.45, 7) is 0.503. The number of rotatable bonds is 5. The Labute approximate surface area is 175 Å². The quantitative estimate of drug-likeness (QED) is 0.612. The number of alkyl halides is 3. The summed E-state index contributed by atoms with van der Waals surface area (Å²) in [5.41, 5.74) is 2.79. The van der Waals surface area contributed by atoms with Gasteiger partial charge in [0.1, 0.15) is 18.0 Å². The Bertz CT molecular complexity index is 1150. The molecule has 4 heterocycles. The Hall–Kier alpha value is -3.47. The average Bonchev–Trinajstić information content (AvgIpc) is 3.28. The maximum absolute atomic E-state index is 13.1. The van der Waals surface area contributed by atoms with Gasteiger partial charge in [-0.1, -0.05) is 0 Å². The fraction of sp³-hybridized carbons (Fsp3) is 0.300. The van der Waals surface area contributed by atoms with E-state index in [4.69, 9.17) is 9.47 Å². The number of fused-ring (bicyclic) bond motifs is 1. The van der Waals surface area contributed by atoms with Crippen molar-refractivity contribution >= 4 is 11.6 Å². The monoisotopic (exact) mass is 433 g/mol. The Kier molecular flexibility index (Phi) is 5.13. The molecule has 3 aromatic rings. The van der Waals surface area contributed by atoms with Gasteiger partial charge in [-0.2, -0.15) is 18.3 Å². The van der Waals surface area contributed by atoms with Crippen molar-refractivity contribution < 1.29 is 27.4 Å². The zero-order valence-corrected chi connectivity index (χ0v) is 16.8. The van der Waals surface area contributed by atoms with Gasteiger partial charge in [0.2, 0.25) is 0 Å². The molecule has 0 bridgehead atoms. The van der Waals surface area contributed by atoms with E-state index in [1.54, 1.807) is 31.5 Å². The fourth-order valence-electron chi connectivity index (χ4n) is 3.54. The second kappa shape index (κ2) is 7.65. The Balaban J connectivity index is 1.75. The number of nitrogens with zero attached hydrogens (tertiary/aromatic N) is 5. The highest BCUT2D eigenvalue weighted by atomic mass is 19.4. The van der Waals surface area contributed by atoms with Crippen molar-refractivity contribution in [3.63, 3.8) is 0 Å². The van der Waals surface area contributed by atoms with E-state index in [1.807, 2.05) is 0 Å². The van der Waals surface area contributed by atoms with Crippen LogP contribution in [0.15, 0.2) is 36.9 Å². The molecule has 0 spiro atoms. The highest BCUT2D eigenvalue weighted by Gasteiger charge is 2.42. The Morgan fingerprint density at radius 3 is 2.61 bits per heavy atom. The van der Waals surface area contributed by atoms with Crippen molar-refractivity contribution in [3.8, 4) is 17.0 Å². The second-order valence-electron chi connectivity index (χ2n) is 6.97. The molecule has 162 valence electrons. The average molecular weight is 433 g/mol. The van der Waals surface area contributed by atoms with Crippen LogP contribution in [0.1, 0.15) is 27.8 Å². The van der Waals surface area contributed by atoms with Gasteiger partial charge in [0, 0.05) is 25.1 Å². The molecule has 1 aliphatic heterocycles. The summed E-state index contributed by atoms with van der Waals surface area (Å²) in [7, 11) is 2.93. The van der Waals surface area contributed by atoms with E-state index in [9.17, 15) is 18.0 Å². The lowest BCUT2D eigenvalue weighted by atomic mass is 10.0. The lowest BCUT2D eigenvalue weighted by Gasteiger charge is -2.21. The van der Waals surface area contributed by atoms with Crippen LogP contribution < -0.4 is 9.64 Å². The van der Waals surface area contributed by atoms with Gasteiger partial charge in [-0.05, 0) is 24.6 Å². The number of hydrogen-bond donors (Lipinski definition) is 0. The Morgan fingerprint density at radius 1 is 1.16 bits per heavy atom. The predicted octanol–water partition coefficient (Wildman–Crippen LogP) is 3.52. The number of anilines is 1. The normalized spacial score (nSPS) is 16.0. The van der Waals surface area contributed by atoms with E-state index >= 15 is 0 Å². The van der Waals surface area contributed by atoms with E-state index in [0.29, 0.717) is 33.8 Å². The van der Waals surface area contributed by atoms with Crippen LogP contribution in [-0.2, 0) is 11.3 Å². The van der Waals surface area contributed by atoms with Gasteiger partial charge in [0.25, 0.3) is 5.91 Å². The molecule has 1 atom stereocenters. The van der Waals surface area contributed by atoms with Crippen LogP contribution in [-0.4, -0.2) is 46.1 Å². The van der Waals surface area contributed by atoms with Gasteiger partial charge in [-0.25, -0.2) is 4.98 Å². The number of methoxy groups -OCH3 is 2. The maximum Gasteiger partial charge on any atom is 0.408 e. The summed E-state index contributed by atoms with van der Waals surface area (Å²) in [6.07, 6.45) is 0.192. The molecule has 0 radical (unpaired) electrons. The number of halogens is 3. The lowest BCUT2D eigenvalue weighted by molar-refractivity contribution is -0.142. The zero-order valence-electron chi connectivity index (χ0n) is 16.8. The van der Waals surface area contributed by atoms with Gasteiger partial charge in [0.15, 0.2) is 6.23 Å². The molecular formula is C20H18F3N5O3. The number of ether oxygens (including phenoxy) is 2. The molecule has 1 aliphatic rings. The number of hydrogen-bond acceptors (Lipinski definition) is 6. The van der Waals surface area contributed by atoms with Crippen molar-refractivity contribution in [2.45, 2.75) is 25.9 Å². The smallest absolute Gasteiger partial charge is 0.408 e. The summed E-state index contributed by atoms with van der Waals surface area (Å²) in [6, 6.07) is 3.51. The van der Waals surface area contributed by atoms with Crippen LogP contribution in [0.5, 0.6) is 5.75 Å². The van der Waals surface area contributed by atoms with Gasteiger partial charge in [-0.15, -0.1) is 0 Å². The van der Waals surface area contributed by atoms with Gasteiger partial charge >= 0.3 is 6.18 Å². The first kappa shape index (κ1) is 20.8. The van der Waals surface area contributed by atoms with Gasteiger partial charge in [0.05, 0.1) is 36.4 Å². The summed E-state index contributed by atoms with van der Waals surface area (Å²) in [4.78, 5) is 23.1. The highest BCUT2D eigenvalue weighted by molar-refractivity contribution is 6.11. The molecule has 3 aromatic heterocycles. The molecular weight excluding hydrogens is 415 g/mol. The molecule has 0 fully saturated rings. The molecule has 8 nitrogen and oxygen atoms in total. The number of aromatic nitrogens is 4. The minimum atomic E-state index is -4.43. The van der Waals surface area contributed by atoms with Crippen molar-refractivity contribution in [1.82, 2.24) is 19.7 Å². The molecule has 0 aromatic carbocycles. The molecule has 1 amide bonds. The number of pyridine rings is 2. The molecule has 0 aliphatic carbocycles. The molecule has 31 heavy (non-hydrogen) atoms. The number of carbonyl (C=O) groups excluding carboxylic acids is 1. The third kappa shape index (κ3) is 3.83. The van der Waals surface area contributed by atoms with Crippen LogP contribution in [0.4, 0.5) is 18.9 Å². The molecule has 1 unspecified atom stereocenters. The fourth-order valence-corrected chi connectivity index (χ4v) is 3.54. The first-order valence-electron chi connectivity index (χ1n) is 9.18. The highest BCUT2D eigenvalue weighted by Crippen LogP contribution is 2.39. The first-order valence-corrected chi connectivity index (χ1v) is 9.18. The first-order chi connectivity index (χ1) is 14.7. The van der Waals surface area contributed by atoms with Gasteiger partial charge in [-0.3, -0.25) is 19.4 Å². The largest absolute Gasteiger partial charge is 0.495 e. The predicted molar refractivity (Wildman–Crippen MR) is 104 cm³/mol. The molecule has 0 saturated carbocycles.